The molecule has 0 bridgehead atoms. The van der Waals surface area contributed by atoms with Crippen molar-refractivity contribution in [3.8, 4) is 0 Å². The molecule has 0 radical (unpaired) electrons. The average Bonchev–Trinajstić information content (AvgIpc) is 2.74. The second-order valence-corrected chi connectivity index (χ2v) is 7.88. The molecular weight excluding hydrogens is 366 g/mol. The van der Waals surface area contributed by atoms with Crippen LogP contribution in [0.15, 0.2) is 29.3 Å². The van der Waals surface area contributed by atoms with Crippen molar-refractivity contribution in [3.05, 3.63) is 35.4 Å². The van der Waals surface area contributed by atoms with E-state index in [2.05, 4.69) is 60.7 Å². The summed E-state index contributed by atoms with van der Waals surface area (Å²) in [6, 6.07) is 8.54. The standard InChI is InChI=1S/C23H39N3O3/c1-4-24-23(25-12-5-13-28-17-19(2)3)26-16-20-6-8-21(9-7-20)18-29-22-10-14-27-15-11-22/h6-9,19,22H,4-5,10-18H2,1-3H3,(H2,24,25,26). The molecule has 0 unspecified atom stereocenters. The summed E-state index contributed by atoms with van der Waals surface area (Å²) in [5.41, 5.74) is 2.40. The van der Waals surface area contributed by atoms with Crippen molar-refractivity contribution in [2.45, 2.75) is 59.3 Å². The first-order chi connectivity index (χ1) is 14.2. The van der Waals surface area contributed by atoms with Crippen molar-refractivity contribution >= 4 is 5.96 Å². The fraction of sp³-hybridized carbons (Fsp3) is 0.696. The molecule has 0 amide bonds. The normalized spacial score (nSPS) is 15.7. The fourth-order valence-corrected chi connectivity index (χ4v) is 3.01. The first-order valence-corrected chi connectivity index (χ1v) is 11.0. The molecule has 164 valence electrons. The van der Waals surface area contributed by atoms with E-state index in [1.165, 1.54) is 11.1 Å². The van der Waals surface area contributed by atoms with Gasteiger partial charge in [0.15, 0.2) is 5.96 Å². The molecule has 29 heavy (non-hydrogen) atoms. The second-order valence-electron chi connectivity index (χ2n) is 7.88. The third-order valence-electron chi connectivity index (χ3n) is 4.65. The largest absolute Gasteiger partial charge is 0.381 e. The molecule has 0 spiro atoms. The van der Waals surface area contributed by atoms with Gasteiger partial charge < -0.3 is 24.8 Å². The Bertz CT molecular complexity index is 569. The van der Waals surface area contributed by atoms with E-state index in [1.54, 1.807) is 0 Å². The Kier molecular flexibility index (Phi) is 11.7. The molecule has 1 aromatic rings. The van der Waals surface area contributed by atoms with Gasteiger partial charge in [-0.25, -0.2) is 4.99 Å². The third-order valence-corrected chi connectivity index (χ3v) is 4.65. The Hall–Kier alpha value is -1.63. The van der Waals surface area contributed by atoms with Gasteiger partial charge in [0.05, 0.1) is 19.3 Å². The molecule has 6 heteroatoms. The van der Waals surface area contributed by atoms with Crippen LogP contribution in [-0.2, 0) is 27.4 Å². The van der Waals surface area contributed by atoms with E-state index in [4.69, 9.17) is 14.2 Å². The zero-order valence-corrected chi connectivity index (χ0v) is 18.4. The fourth-order valence-electron chi connectivity index (χ4n) is 3.01. The van der Waals surface area contributed by atoms with E-state index in [0.29, 0.717) is 25.2 Å². The Morgan fingerprint density at radius 2 is 1.86 bits per heavy atom. The number of rotatable bonds is 12. The summed E-state index contributed by atoms with van der Waals surface area (Å²) in [5.74, 6) is 1.44. The molecule has 0 saturated carbocycles. The topological polar surface area (TPSA) is 64.1 Å². The van der Waals surface area contributed by atoms with Gasteiger partial charge in [-0.1, -0.05) is 38.1 Å². The Morgan fingerprint density at radius 1 is 1.14 bits per heavy atom. The molecule has 1 fully saturated rings. The van der Waals surface area contributed by atoms with Gasteiger partial charge in [0.2, 0.25) is 0 Å². The minimum Gasteiger partial charge on any atom is -0.381 e. The lowest BCUT2D eigenvalue weighted by molar-refractivity contribution is -0.0390. The zero-order valence-electron chi connectivity index (χ0n) is 18.4. The molecule has 2 N–H and O–H groups in total. The highest BCUT2D eigenvalue weighted by atomic mass is 16.5. The quantitative estimate of drug-likeness (QED) is 0.317. The van der Waals surface area contributed by atoms with E-state index in [0.717, 1.165) is 64.7 Å². The highest BCUT2D eigenvalue weighted by Crippen LogP contribution is 2.14. The molecular formula is C23H39N3O3. The molecule has 1 heterocycles. The van der Waals surface area contributed by atoms with Crippen molar-refractivity contribution in [2.24, 2.45) is 10.9 Å². The smallest absolute Gasteiger partial charge is 0.191 e. The Balaban J connectivity index is 1.70. The number of hydrogen-bond donors (Lipinski definition) is 2. The van der Waals surface area contributed by atoms with Crippen LogP contribution in [0.4, 0.5) is 0 Å². The number of nitrogens with one attached hydrogen (secondary N) is 2. The average molecular weight is 406 g/mol. The van der Waals surface area contributed by atoms with E-state index < -0.39 is 0 Å². The van der Waals surface area contributed by atoms with Crippen LogP contribution in [0.3, 0.4) is 0 Å². The van der Waals surface area contributed by atoms with Crippen LogP contribution in [0.25, 0.3) is 0 Å². The molecule has 0 atom stereocenters. The summed E-state index contributed by atoms with van der Waals surface area (Å²) in [6.45, 7) is 12.7. The number of nitrogens with zero attached hydrogens (tertiary/aromatic N) is 1. The van der Waals surface area contributed by atoms with Crippen LogP contribution in [0.1, 0.15) is 51.2 Å². The maximum Gasteiger partial charge on any atom is 0.191 e. The van der Waals surface area contributed by atoms with Crippen LogP contribution in [0, 0.1) is 5.92 Å². The minimum absolute atomic E-state index is 0.331. The van der Waals surface area contributed by atoms with E-state index in [9.17, 15) is 0 Å². The molecule has 6 nitrogen and oxygen atoms in total. The summed E-state index contributed by atoms with van der Waals surface area (Å²) in [4.78, 5) is 4.69. The van der Waals surface area contributed by atoms with E-state index in [1.807, 2.05) is 0 Å². The van der Waals surface area contributed by atoms with Crippen LogP contribution >= 0.6 is 0 Å². The second kappa shape index (κ2) is 14.4. The lowest BCUT2D eigenvalue weighted by Gasteiger charge is -2.22. The first-order valence-electron chi connectivity index (χ1n) is 11.0. The highest BCUT2D eigenvalue weighted by molar-refractivity contribution is 5.79. The molecule has 0 aromatic heterocycles. The van der Waals surface area contributed by atoms with Crippen molar-refractivity contribution in [1.29, 1.82) is 0 Å². The van der Waals surface area contributed by atoms with Crippen LogP contribution in [-0.4, -0.2) is 51.6 Å². The van der Waals surface area contributed by atoms with Gasteiger partial charge >= 0.3 is 0 Å². The minimum atomic E-state index is 0.331. The Labute approximate surface area is 176 Å². The molecule has 2 rings (SSSR count). The van der Waals surface area contributed by atoms with Crippen molar-refractivity contribution in [2.75, 3.05) is 39.5 Å². The maximum atomic E-state index is 5.99. The van der Waals surface area contributed by atoms with Crippen molar-refractivity contribution in [3.63, 3.8) is 0 Å². The van der Waals surface area contributed by atoms with E-state index in [-0.39, 0.29) is 0 Å². The summed E-state index contributed by atoms with van der Waals surface area (Å²) in [7, 11) is 0. The highest BCUT2D eigenvalue weighted by Gasteiger charge is 2.13. The van der Waals surface area contributed by atoms with E-state index >= 15 is 0 Å². The zero-order chi connectivity index (χ0) is 20.7. The van der Waals surface area contributed by atoms with Gasteiger partial charge in [-0.05, 0) is 43.2 Å². The number of ether oxygens (including phenoxy) is 3. The predicted molar refractivity (Wildman–Crippen MR) is 118 cm³/mol. The molecule has 1 saturated heterocycles. The predicted octanol–water partition coefficient (Wildman–Crippen LogP) is 3.50. The SMILES string of the molecule is CCNC(=NCc1ccc(COC2CCOCC2)cc1)NCCCOCC(C)C. The lowest BCUT2D eigenvalue weighted by atomic mass is 10.1. The first kappa shape index (κ1) is 23.6. The lowest BCUT2D eigenvalue weighted by Crippen LogP contribution is -2.38. The van der Waals surface area contributed by atoms with Crippen molar-refractivity contribution < 1.29 is 14.2 Å². The van der Waals surface area contributed by atoms with Gasteiger partial charge in [-0.2, -0.15) is 0 Å². The number of benzene rings is 1. The molecule has 1 aromatic carbocycles. The summed E-state index contributed by atoms with van der Waals surface area (Å²) >= 11 is 0. The monoisotopic (exact) mass is 405 g/mol. The summed E-state index contributed by atoms with van der Waals surface area (Å²) in [6.07, 6.45) is 3.30. The van der Waals surface area contributed by atoms with Gasteiger partial charge in [-0.3, -0.25) is 0 Å². The van der Waals surface area contributed by atoms with Gasteiger partial charge in [0.25, 0.3) is 0 Å². The van der Waals surface area contributed by atoms with Crippen LogP contribution in [0.5, 0.6) is 0 Å². The number of guanidine groups is 1. The maximum absolute atomic E-state index is 5.99. The van der Waals surface area contributed by atoms with Gasteiger partial charge in [0, 0.05) is 39.5 Å². The van der Waals surface area contributed by atoms with Crippen LogP contribution in [0.2, 0.25) is 0 Å². The third kappa shape index (κ3) is 10.6. The molecule has 1 aliphatic rings. The van der Waals surface area contributed by atoms with Gasteiger partial charge in [0.1, 0.15) is 0 Å². The molecule has 0 aliphatic carbocycles. The van der Waals surface area contributed by atoms with Crippen molar-refractivity contribution in [1.82, 2.24) is 10.6 Å². The Morgan fingerprint density at radius 3 is 2.55 bits per heavy atom. The number of hydrogen-bond acceptors (Lipinski definition) is 4. The summed E-state index contributed by atoms with van der Waals surface area (Å²) < 4.78 is 17.0. The summed E-state index contributed by atoms with van der Waals surface area (Å²) in [5, 5.41) is 6.67. The number of aliphatic imine (C=N–C) groups is 1. The van der Waals surface area contributed by atoms with Crippen LogP contribution < -0.4 is 10.6 Å². The molecule has 1 aliphatic heterocycles. The van der Waals surface area contributed by atoms with Gasteiger partial charge in [-0.15, -0.1) is 0 Å².